The second-order valence-electron chi connectivity index (χ2n) is 9.33. The first-order chi connectivity index (χ1) is 16.4. The normalized spacial score (nSPS) is 16.9. The third-order valence-corrected chi connectivity index (χ3v) is 6.97. The molecule has 1 fully saturated rings. The summed E-state index contributed by atoms with van der Waals surface area (Å²) in [5.74, 6) is 0.100. The Labute approximate surface area is 206 Å². The molecule has 186 valence electrons. The predicted molar refractivity (Wildman–Crippen MR) is 135 cm³/mol. The van der Waals surface area contributed by atoms with E-state index < -0.39 is 6.10 Å². The lowest BCUT2D eigenvalue weighted by Crippen LogP contribution is -2.36. The van der Waals surface area contributed by atoms with E-state index >= 15 is 0 Å². The van der Waals surface area contributed by atoms with Gasteiger partial charge in [-0.25, -0.2) is 4.79 Å². The second-order valence-corrected chi connectivity index (χ2v) is 10.5. The van der Waals surface area contributed by atoms with Gasteiger partial charge in [-0.2, -0.15) is 0 Å². The van der Waals surface area contributed by atoms with Crippen LogP contribution in [-0.4, -0.2) is 36.2 Å². The minimum absolute atomic E-state index is 0.0248. The zero-order valence-electron chi connectivity index (χ0n) is 20.5. The van der Waals surface area contributed by atoms with E-state index in [0.717, 1.165) is 48.2 Å². The highest BCUT2D eigenvalue weighted by atomic mass is 32.1. The second kappa shape index (κ2) is 13.0. The summed E-state index contributed by atoms with van der Waals surface area (Å²) in [6.07, 6.45) is 4.80. The van der Waals surface area contributed by atoms with Gasteiger partial charge in [-0.05, 0) is 48.6 Å². The van der Waals surface area contributed by atoms with Crippen molar-refractivity contribution in [2.24, 2.45) is 5.92 Å². The first-order valence-electron chi connectivity index (χ1n) is 12.3. The molecular weight excluding hydrogens is 450 g/mol. The van der Waals surface area contributed by atoms with Gasteiger partial charge in [-0.1, -0.05) is 52.2 Å². The third-order valence-electron chi connectivity index (χ3n) is 5.93. The van der Waals surface area contributed by atoms with Crippen LogP contribution in [0.4, 0.5) is 5.69 Å². The van der Waals surface area contributed by atoms with E-state index in [-0.39, 0.29) is 17.9 Å². The highest BCUT2D eigenvalue weighted by Crippen LogP contribution is 2.29. The van der Waals surface area contributed by atoms with Crippen LogP contribution in [0.25, 0.3) is 0 Å². The molecule has 1 unspecified atom stereocenters. The van der Waals surface area contributed by atoms with E-state index in [1.165, 1.54) is 11.3 Å². The van der Waals surface area contributed by atoms with Crippen molar-refractivity contribution in [3.63, 3.8) is 0 Å². The number of ether oxygens (including phenoxy) is 2. The maximum Gasteiger partial charge on any atom is 0.348 e. The van der Waals surface area contributed by atoms with Crippen molar-refractivity contribution in [1.82, 2.24) is 0 Å². The van der Waals surface area contributed by atoms with Crippen molar-refractivity contribution in [2.75, 3.05) is 18.1 Å². The zero-order valence-corrected chi connectivity index (χ0v) is 21.3. The smallest absolute Gasteiger partial charge is 0.348 e. The van der Waals surface area contributed by atoms with Crippen molar-refractivity contribution in [2.45, 2.75) is 78.0 Å². The maximum absolute atomic E-state index is 12.6. The molecule has 6 nitrogen and oxygen atoms in total. The molecule has 34 heavy (non-hydrogen) atoms. The Morgan fingerprint density at radius 3 is 2.65 bits per heavy atom. The zero-order chi connectivity index (χ0) is 24.5. The molecule has 7 heteroatoms. The Balaban J connectivity index is 1.52. The monoisotopic (exact) mass is 487 g/mol. The number of carbonyl (C=O) groups excluding carboxylic acids is 2. The summed E-state index contributed by atoms with van der Waals surface area (Å²) >= 11 is 1.38. The number of aliphatic hydroxyl groups is 1. The number of thiophene rings is 1. The van der Waals surface area contributed by atoms with Crippen molar-refractivity contribution in [3.05, 3.63) is 51.7 Å². The molecule has 1 amide bonds. The number of aliphatic hydroxyl groups excluding tert-OH is 1. The quantitative estimate of drug-likeness (QED) is 0.282. The number of nitrogens with zero attached hydrogens (tertiary/aromatic N) is 1. The Bertz CT molecular complexity index is 923. The van der Waals surface area contributed by atoms with Crippen molar-refractivity contribution >= 4 is 28.9 Å². The van der Waals surface area contributed by atoms with Crippen molar-refractivity contribution in [1.29, 1.82) is 0 Å². The third kappa shape index (κ3) is 7.39. The fraction of sp³-hybridized carbons (Fsp3) is 0.556. The Kier molecular flexibility index (Phi) is 10.1. The average molecular weight is 488 g/mol. The van der Waals surface area contributed by atoms with Crippen LogP contribution in [0.5, 0.6) is 0 Å². The van der Waals surface area contributed by atoms with Gasteiger partial charge in [0.15, 0.2) is 0 Å². The van der Waals surface area contributed by atoms with Crippen LogP contribution in [0.15, 0.2) is 36.4 Å². The van der Waals surface area contributed by atoms with Gasteiger partial charge < -0.3 is 19.5 Å². The highest BCUT2D eigenvalue weighted by molar-refractivity contribution is 7.13. The first kappa shape index (κ1) is 26.4. The van der Waals surface area contributed by atoms with Gasteiger partial charge in [0.05, 0.1) is 32.0 Å². The molecule has 1 aromatic heterocycles. The number of hydrogen-bond acceptors (Lipinski definition) is 6. The molecule has 1 aliphatic heterocycles. The maximum atomic E-state index is 12.6. The minimum Gasteiger partial charge on any atom is -0.461 e. The van der Waals surface area contributed by atoms with E-state index in [4.69, 9.17) is 9.47 Å². The van der Waals surface area contributed by atoms with Crippen LogP contribution < -0.4 is 4.90 Å². The molecule has 2 aromatic rings. The van der Waals surface area contributed by atoms with Crippen LogP contribution in [0.3, 0.4) is 0 Å². The lowest BCUT2D eigenvalue weighted by atomic mass is 10.0. The molecule has 1 saturated heterocycles. The molecule has 1 aromatic carbocycles. The molecule has 0 aliphatic carbocycles. The molecular formula is C27H37NO5S. The van der Waals surface area contributed by atoms with E-state index in [1.54, 1.807) is 6.07 Å². The van der Waals surface area contributed by atoms with E-state index in [1.807, 2.05) is 49.1 Å². The molecule has 0 radical (unpaired) electrons. The lowest BCUT2D eigenvalue weighted by molar-refractivity contribution is -0.117. The molecule has 0 saturated carbocycles. The SMILES string of the molecule is CCCCCC(O)c1ccc(N2C(=O)CC[C@@H]2COCc2ccc(C(=O)OCC(C)C)s2)cc1. The number of carbonyl (C=O) groups is 2. The van der Waals surface area contributed by atoms with Gasteiger partial charge in [0.2, 0.25) is 5.91 Å². The minimum atomic E-state index is -0.465. The first-order valence-corrected chi connectivity index (χ1v) is 13.1. The number of benzene rings is 1. The van der Waals surface area contributed by atoms with Crippen LogP contribution in [0.2, 0.25) is 0 Å². The standard InChI is InChI=1S/C27H37NO5S/c1-4-5-6-7-24(29)20-8-10-21(11-9-20)28-22(12-15-26(28)30)17-32-18-23-13-14-25(34-23)27(31)33-16-19(2)3/h8-11,13-14,19,22,24,29H,4-7,12,15-18H2,1-3H3/t22-,24?/m1/s1. The summed E-state index contributed by atoms with van der Waals surface area (Å²) in [6.45, 7) is 7.39. The molecule has 0 spiro atoms. The topological polar surface area (TPSA) is 76.1 Å². The highest BCUT2D eigenvalue weighted by Gasteiger charge is 2.32. The number of anilines is 1. The molecule has 2 atom stereocenters. The fourth-order valence-corrected chi connectivity index (χ4v) is 4.88. The lowest BCUT2D eigenvalue weighted by Gasteiger charge is -2.25. The van der Waals surface area contributed by atoms with Gasteiger partial charge in [-0.3, -0.25) is 4.79 Å². The molecule has 2 heterocycles. The summed E-state index contributed by atoms with van der Waals surface area (Å²) < 4.78 is 11.2. The van der Waals surface area contributed by atoms with Gasteiger partial charge in [0.25, 0.3) is 0 Å². The average Bonchev–Trinajstić information content (AvgIpc) is 3.44. The number of amides is 1. The Morgan fingerprint density at radius 2 is 1.94 bits per heavy atom. The van der Waals surface area contributed by atoms with Crippen LogP contribution in [0, 0.1) is 5.92 Å². The summed E-state index contributed by atoms with van der Waals surface area (Å²) in [7, 11) is 0. The van der Waals surface area contributed by atoms with E-state index in [2.05, 4.69) is 6.92 Å². The van der Waals surface area contributed by atoms with E-state index in [9.17, 15) is 14.7 Å². The van der Waals surface area contributed by atoms with Gasteiger partial charge in [-0.15, -0.1) is 11.3 Å². The van der Waals surface area contributed by atoms with Crippen LogP contribution >= 0.6 is 11.3 Å². The number of hydrogen-bond donors (Lipinski definition) is 1. The molecule has 1 aliphatic rings. The van der Waals surface area contributed by atoms with Crippen LogP contribution in [-0.2, 0) is 20.9 Å². The Morgan fingerprint density at radius 1 is 1.18 bits per heavy atom. The summed E-state index contributed by atoms with van der Waals surface area (Å²) in [5, 5.41) is 10.4. The van der Waals surface area contributed by atoms with Gasteiger partial charge >= 0.3 is 5.97 Å². The molecule has 0 bridgehead atoms. The van der Waals surface area contributed by atoms with Gasteiger partial charge in [0.1, 0.15) is 4.88 Å². The van der Waals surface area contributed by atoms with Crippen molar-refractivity contribution in [3.8, 4) is 0 Å². The van der Waals surface area contributed by atoms with Crippen molar-refractivity contribution < 1.29 is 24.2 Å². The summed E-state index contributed by atoms with van der Waals surface area (Å²) in [6, 6.07) is 11.3. The predicted octanol–water partition coefficient (Wildman–Crippen LogP) is 5.89. The summed E-state index contributed by atoms with van der Waals surface area (Å²) in [5.41, 5.74) is 1.73. The largest absolute Gasteiger partial charge is 0.461 e. The number of rotatable bonds is 13. The number of unbranched alkanes of at least 4 members (excludes halogenated alkanes) is 2. The molecule has 3 rings (SSSR count). The number of esters is 1. The van der Waals surface area contributed by atoms with E-state index in [0.29, 0.717) is 37.0 Å². The van der Waals surface area contributed by atoms with Crippen LogP contribution in [0.1, 0.15) is 85.5 Å². The molecule has 1 N–H and O–H groups in total. The Hall–Kier alpha value is -2.22. The summed E-state index contributed by atoms with van der Waals surface area (Å²) in [4.78, 5) is 28.0. The fourth-order valence-electron chi connectivity index (χ4n) is 4.04. The van der Waals surface area contributed by atoms with Gasteiger partial charge in [0, 0.05) is 17.0 Å².